The Balaban J connectivity index is 1.72. The molecule has 0 aliphatic carbocycles. The second-order valence-electron chi connectivity index (χ2n) is 6.57. The van der Waals surface area contributed by atoms with Crippen molar-refractivity contribution in [3.63, 3.8) is 0 Å². The maximum atomic E-state index is 9.72. The van der Waals surface area contributed by atoms with E-state index in [2.05, 4.69) is 16.3 Å². The van der Waals surface area contributed by atoms with E-state index >= 15 is 0 Å². The first kappa shape index (κ1) is 18.1. The van der Waals surface area contributed by atoms with Gasteiger partial charge in [0.05, 0.1) is 6.07 Å². The van der Waals surface area contributed by atoms with E-state index in [4.69, 9.17) is 26.5 Å². The van der Waals surface area contributed by atoms with Gasteiger partial charge in [-0.05, 0) is 30.7 Å². The summed E-state index contributed by atoms with van der Waals surface area (Å²) in [5.74, 6) is -0.278. The van der Waals surface area contributed by atoms with Crippen molar-refractivity contribution in [3.8, 4) is 17.7 Å². The number of aromatic nitrogens is 2. The molecule has 2 heterocycles. The van der Waals surface area contributed by atoms with Crippen molar-refractivity contribution in [2.45, 2.75) is 19.4 Å². The minimum atomic E-state index is -0.760. The van der Waals surface area contributed by atoms with E-state index in [1.165, 1.54) is 0 Å². The number of benzene rings is 2. The number of aromatic amines is 1. The van der Waals surface area contributed by atoms with Gasteiger partial charge in [0.1, 0.15) is 18.3 Å². The zero-order valence-electron chi connectivity index (χ0n) is 15.1. The number of nitriles is 1. The molecule has 0 saturated carbocycles. The van der Waals surface area contributed by atoms with Gasteiger partial charge < -0.3 is 9.47 Å². The molecule has 4 rings (SSSR count). The second-order valence-corrected chi connectivity index (χ2v) is 7.01. The second kappa shape index (κ2) is 7.37. The fourth-order valence-electron chi connectivity index (χ4n) is 3.42. The van der Waals surface area contributed by atoms with Crippen molar-refractivity contribution >= 4 is 17.5 Å². The molecule has 0 saturated heterocycles. The molecule has 2 N–H and O–H groups in total. The summed E-state index contributed by atoms with van der Waals surface area (Å²) in [6.07, 6.45) is 0. The van der Waals surface area contributed by atoms with Crippen LogP contribution in [0, 0.1) is 29.6 Å². The summed E-state index contributed by atoms with van der Waals surface area (Å²) in [6, 6.07) is 17.2. The SMILES string of the molecule is Cc1[nH]nc2c1C(c1ccccc1OCc1ccc(Cl)cc1)C(C#N)C(=N)O2. The fourth-order valence-corrected chi connectivity index (χ4v) is 3.55. The maximum absolute atomic E-state index is 9.72. The van der Waals surface area contributed by atoms with Crippen molar-refractivity contribution in [3.05, 3.63) is 75.9 Å². The van der Waals surface area contributed by atoms with Crippen LogP contribution in [-0.4, -0.2) is 16.1 Å². The minimum absolute atomic E-state index is 0.112. The van der Waals surface area contributed by atoms with Gasteiger partial charge in [-0.2, -0.15) is 5.26 Å². The van der Waals surface area contributed by atoms with Crippen molar-refractivity contribution in [1.82, 2.24) is 10.2 Å². The number of hydrogen-bond acceptors (Lipinski definition) is 5. The van der Waals surface area contributed by atoms with Gasteiger partial charge in [-0.25, -0.2) is 0 Å². The molecule has 0 spiro atoms. The van der Waals surface area contributed by atoms with Crippen LogP contribution in [0.2, 0.25) is 5.02 Å². The Labute approximate surface area is 167 Å². The highest BCUT2D eigenvalue weighted by Gasteiger charge is 2.41. The fraction of sp³-hybridized carbons (Fsp3) is 0.190. The highest BCUT2D eigenvalue weighted by molar-refractivity contribution is 6.30. The average Bonchev–Trinajstić information content (AvgIpc) is 3.07. The van der Waals surface area contributed by atoms with Gasteiger partial charge in [0.2, 0.25) is 11.8 Å². The summed E-state index contributed by atoms with van der Waals surface area (Å²) < 4.78 is 11.5. The van der Waals surface area contributed by atoms with Crippen molar-refractivity contribution in [1.29, 1.82) is 10.7 Å². The Morgan fingerprint density at radius 2 is 2.00 bits per heavy atom. The third-order valence-corrected chi connectivity index (χ3v) is 5.05. The van der Waals surface area contributed by atoms with Crippen LogP contribution in [0.4, 0.5) is 0 Å². The van der Waals surface area contributed by atoms with E-state index in [1.807, 2.05) is 55.5 Å². The number of hydrogen-bond donors (Lipinski definition) is 2. The summed E-state index contributed by atoms with van der Waals surface area (Å²) in [4.78, 5) is 0. The van der Waals surface area contributed by atoms with E-state index < -0.39 is 11.8 Å². The van der Waals surface area contributed by atoms with Crippen LogP contribution < -0.4 is 9.47 Å². The first-order chi connectivity index (χ1) is 13.6. The molecule has 7 heteroatoms. The normalized spacial score (nSPS) is 18.1. The molecule has 6 nitrogen and oxygen atoms in total. The lowest BCUT2D eigenvalue weighted by Crippen LogP contribution is -2.31. The van der Waals surface area contributed by atoms with Gasteiger partial charge in [-0.3, -0.25) is 10.5 Å². The number of nitrogens with one attached hydrogen (secondary N) is 2. The first-order valence-corrected chi connectivity index (χ1v) is 9.13. The number of para-hydroxylation sites is 1. The highest BCUT2D eigenvalue weighted by atomic mass is 35.5. The lowest BCUT2D eigenvalue weighted by molar-refractivity contribution is 0.300. The van der Waals surface area contributed by atoms with Crippen LogP contribution in [0.1, 0.15) is 28.3 Å². The molecule has 0 bridgehead atoms. The number of fused-ring (bicyclic) bond motifs is 1. The highest BCUT2D eigenvalue weighted by Crippen LogP contribution is 2.45. The van der Waals surface area contributed by atoms with Gasteiger partial charge in [0.25, 0.3) is 0 Å². The van der Waals surface area contributed by atoms with Gasteiger partial charge in [0.15, 0.2) is 0 Å². The Kier molecular flexibility index (Phi) is 4.76. The Morgan fingerprint density at radius 1 is 1.25 bits per heavy atom. The summed E-state index contributed by atoms with van der Waals surface area (Å²) in [7, 11) is 0. The first-order valence-electron chi connectivity index (χ1n) is 8.75. The molecule has 0 fully saturated rings. The van der Waals surface area contributed by atoms with Gasteiger partial charge in [-0.1, -0.05) is 41.9 Å². The van der Waals surface area contributed by atoms with E-state index in [1.54, 1.807) is 0 Å². The summed E-state index contributed by atoms with van der Waals surface area (Å²) in [5, 5.41) is 25.6. The van der Waals surface area contributed by atoms with Crippen LogP contribution in [0.3, 0.4) is 0 Å². The Morgan fingerprint density at radius 3 is 2.75 bits per heavy atom. The molecule has 0 radical (unpaired) electrons. The van der Waals surface area contributed by atoms with Crippen LogP contribution >= 0.6 is 11.6 Å². The molecular formula is C21H17ClN4O2. The molecule has 0 amide bonds. The van der Waals surface area contributed by atoms with Crippen LogP contribution in [-0.2, 0) is 6.61 Å². The molecule has 28 heavy (non-hydrogen) atoms. The van der Waals surface area contributed by atoms with Crippen LogP contribution in [0.25, 0.3) is 0 Å². The van der Waals surface area contributed by atoms with Crippen molar-refractivity contribution in [2.75, 3.05) is 0 Å². The monoisotopic (exact) mass is 392 g/mol. The number of halogens is 1. The van der Waals surface area contributed by atoms with E-state index in [0.717, 1.165) is 22.4 Å². The lowest BCUT2D eigenvalue weighted by Gasteiger charge is -2.29. The molecule has 1 aliphatic rings. The Hall–Kier alpha value is -3.30. The third kappa shape index (κ3) is 3.21. The number of aryl methyl sites for hydroxylation is 1. The van der Waals surface area contributed by atoms with Crippen LogP contribution in [0.5, 0.6) is 11.6 Å². The third-order valence-electron chi connectivity index (χ3n) is 4.79. The maximum Gasteiger partial charge on any atom is 0.243 e. The molecule has 3 aromatic rings. The minimum Gasteiger partial charge on any atom is -0.489 e. The molecule has 2 aromatic carbocycles. The molecule has 1 aliphatic heterocycles. The zero-order chi connectivity index (χ0) is 19.7. The molecular weight excluding hydrogens is 376 g/mol. The zero-order valence-corrected chi connectivity index (χ0v) is 15.8. The van der Waals surface area contributed by atoms with E-state index in [9.17, 15) is 5.26 Å². The van der Waals surface area contributed by atoms with E-state index in [-0.39, 0.29) is 5.90 Å². The number of nitrogens with zero attached hydrogens (tertiary/aromatic N) is 2. The number of rotatable bonds is 4. The van der Waals surface area contributed by atoms with E-state index in [0.29, 0.717) is 23.3 Å². The predicted molar refractivity (Wildman–Crippen MR) is 105 cm³/mol. The topological polar surface area (TPSA) is 94.8 Å². The number of ether oxygens (including phenoxy) is 2. The van der Waals surface area contributed by atoms with Crippen LogP contribution in [0.15, 0.2) is 48.5 Å². The van der Waals surface area contributed by atoms with Crippen molar-refractivity contribution < 1.29 is 9.47 Å². The number of H-pyrrole nitrogens is 1. The quantitative estimate of drug-likeness (QED) is 0.678. The standard InChI is InChI=1S/C21H17ClN4O2/c1-12-18-19(16(10-23)20(24)28-21(18)26-25-12)15-4-2-3-5-17(15)27-11-13-6-8-14(22)9-7-13/h2-9,16,19,24H,11H2,1H3,(H,25,26). The van der Waals surface area contributed by atoms with Gasteiger partial charge in [0, 0.05) is 27.8 Å². The van der Waals surface area contributed by atoms with Gasteiger partial charge >= 0.3 is 0 Å². The lowest BCUT2D eigenvalue weighted by atomic mass is 9.79. The summed E-state index contributed by atoms with van der Waals surface area (Å²) in [6.45, 7) is 2.24. The van der Waals surface area contributed by atoms with Gasteiger partial charge in [-0.15, -0.1) is 5.10 Å². The smallest absolute Gasteiger partial charge is 0.243 e. The molecule has 1 aromatic heterocycles. The average molecular weight is 393 g/mol. The summed E-state index contributed by atoms with van der Waals surface area (Å²) in [5.41, 5.74) is 3.39. The molecule has 2 atom stereocenters. The van der Waals surface area contributed by atoms with Crippen molar-refractivity contribution in [2.24, 2.45) is 5.92 Å². The summed E-state index contributed by atoms with van der Waals surface area (Å²) >= 11 is 5.94. The molecule has 140 valence electrons. The molecule has 2 unspecified atom stereocenters. The largest absolute Gasteiger partial charge is 0.489 e. The predicted octanol–water partition coefficient (Wildman–Crippen LogP) is 4.59. The Bertz CT molecular complexity index is 1070.